The summed E-state index contributed by atoms with van der Waals surface area (Å²) >= 11 is 0. The highest BCUT2D eigenvalue weighted by Crippen LogP contribution is 2.26. The zero-order chi connectivity index (χ0) is 16.0. The molecule has 0 unspecified atom stereocenters. The SMILES string of the molecule is COC(=O)CCCNS(=O)(=O)c1cccc(F)c1[N+](=O)[O-]. The maximum absolute atomic E-state index is 13.4. The van der Waals surface area contributed by atoms with Gasteiger partial charge in [0.2, 0.25) is 15.8 Å². The van der Waals surface area contributed by atoms with Crippen LogP contribution in [0.4, 0.5) is 10.1 Å². The number of hydrogen-bond donors (Lipinski definition) is 1. The lowest BCUT2D eigenvalue weighted by atomic mass is 10.3. The van der Waals surface area contributed by atoms with Crippen molar-refractivity contribution in [3.63, 3.8) is 0 Å². The number of nitrogens with zero attached hydrogens (tertiary/aromatic N) is 1. The van der Waals surface area contributed by atoms with Crippen molar-refractivity contribution in [2.24, 2.45) is 0 Å². The van der Waals surface area contributed by atoms with Crippen LogP contribution in [-0.2, 0) is 19.6 Å². The lowest BCUT2D eigenvalue weighted by Gasteiger charge is -2.07. The molecule has 0 aliphatic rings. The predicted molar refractivity (Wildman–Crippen MR) is 69.5 cm³/mol. The van der Waals surface area contributed by atoms with E-state index in [4.69, 9.17) is 0 Å². The van der Waals surface area contributed by atoms with Gasteiger partial charge < -0.3 is 4.74 Å². The molecule has 1 rings (SSSR count). The fourth-order valence-electron chi connectivity index (χ4n) is 1.51. The van der Waals surface area contributed by atoms with Crippen LogP contribution < -0.4 is 4.72 Å². The maximum Gasteiger partial charge on any atom is 0.324 e. The van der Waals surface area contributed by atoms with Gasteiger partial charge in [-0.15, -0.1) is 0 Å². The molecule has 1 aromatic carbocycles. The highest BCUT2D eigenvalue weighted by atomic mass is 32.2. The molecule has 0 aromatic heterocycles. The van der Waals surface area contributed by atoms with E-state index in [1.165, 1.54) is 7.11 Å². The van der Waals surface area contributed by atoms with E-state index in [0.29, 0.717) is 0 Å². The molecule has 0 heterocycles. The minimum absolute atomic E-state index is 0.00966. The summed E-state index contributed by atoms with van der Waals surface area (Å²) in [5.41, 5.74) is -1.11. The van der Waals surface area contributed by atoms with Crippen molar-refractivity contribution in [1.29, 1.82) is 0 Å². The fraction of sp³-hybridized carbons (Fsp3) is 0.364. The van der Waals surface area contributed by atoms with Crippen LogP contribution in [0, 0.1) is 15.9 Å². The van der Waals surface area contributed by atoms with Crippen molar-refractivity contribution in [2.75, 3.05) is 13.7 Å². The number of carbonyl (C=O) groups is 1. The molecule has 0 saturated carbocycles. The summed E-state index contributed by atoms with van der Waals surface area (Å²) in [5.74, 6) is -1.75. The third-order valence-electron chi connectivity index (χ3n) is 2.50. The van der Waals surface area contributed by atoms with Gasteiger partial charge in [-0.1, -0.05) is 6.07 Å². The normalized spacial score (nSPS) is 11.1. The van der Waals surface area contributed by atoms with Crippen LogP contribution in [0.3, 0.4) is 0 Å². The summed E-state index contributed by atoms with van der Waals surface area (Å²) in [6, 6.07) is 2.80. The van der Waals surface area contributed by atoms with Crippen molar-refractivity contribution in [2.45, 2.75) is 17.7 Å². The number of ether oxygens (including phenoxy) is 1. The standard InChI is InChI=1S/C11H13FN2O6S/c1-20-10(15)6-3-7-13-21(18,19)9-5-2-4-8(12)11(9)14(16)17/h2,4-5,13H,3,6-7H2,1H3. The van der Waals surface area contributed by atoms with Gasteiger partial charge in [0.15, 0.2) is 4.90 Å². The first-order valence-corrected chi connectivity index (χ1v) is 7.27. The second-order valence-electron chi connectivity index (χ2n) is 3.92. The number of rotatable bonds is 7. The second-order valence-corrected chi connectivity index (χ2v) is 5.66. The van der Waals surface area contributed by atoms with E-state index in [0.717, 1.165) is 18.2 Å². The number of methoxy groups -OCH3 is 1. The quantitative estimate of drug-likeness (QED) is 0.346. The predicted octanol–water partition coefficient (Wildman–Crippen LogP) is 0.965. The number of nitro groups is 1. The lowest BCUT2D eigenvalue weighted by molar-refractivity contribution is -0.390. The molecule has 116 valence electrons. The minimum Gasteiger partial charge on any atom is -0.469 e. The van der Waals surface area contributed by atoms with Crippen molar-refractivity contribution in [3.8, 4) is 0 Å². The minimum atomic E-state index is -4.25. The molecule has 8 nitrogen and oxygen atoms in total. The van der Waals surface area contributed by atoms with Gasteiger partial charge >= 0.3 is 11.7 Å². The average molecular weight is 320 g/mol. The molecule has 0 fully saturated rings. The Labute approximate surface area is 120 Å². The second kappa shape index (κ2) is 7.09. The largest absolute Gasteiger partial charge is 0.469 e. The molecule has 0 aliphatic carbocycles. The lowest BCUT2D eigenvalue weighted by Crippen LogP contribution is -2.26. The van der Waals surface area contributed by atoms with Crippen LogP contribution in [0.1, 0.15) is 12.8 Å². The van der Waals surface area contributed by atoms with Gasteiger partial charge in [-0.25, -0.2) is 13.1 Å². The van der Waals surface area contributed by atoms with Gasteiger partial charge in [0, 0.05) is 13.0 Å². The van der Waals surface area contributed by atoms with E-state index in [2.05, 4.69) is 9.46 Å². The average Bonchev–Trinajstić information content (AvgIpc) is 2.42. The van der Waals surface area contributed by atoms with Crippen molar-refractivity contribution in [3.05, 3.63) is 34.1 Å². The fourth-order valence-corrected chi connectivity index (χ4v) is 2.76. The van der Waals surface area contributed by atoms with Crippen LogP contribution in [0.25, 0.3) is 0 Å². The zero-order valence-corrected chi connectivity index (χ0v) is 11.9. The zero-order valence-electron chi connectivity index (χ0n) is 11.0. The smallest absolute Gasteiger partial charge is 0.324 e. The molecule has 0 aliphatic heterocycles. The van der Waals surface area contributed by atoms with E-state index in [9.17, 15) is 27.7 Å². The Hall–Kier alpha value is -2.07. The molecule has 1 aromatic rings. The number of carbonyl (C=O) groups excluding carboxylic acids is 1. The Morgan fingerprint density at radius 1 is 1.48 bits per heavy atom. The number of nitro benzene ring substituents is 1. The summed E-state index contributed by atoms with van der Waals surface area (Å²) in [5, 5.41) is 10.8. The van der Waals surface area contributed by atoms with Crippen LogP contribution in [-0.4, -0.2) is 33.0 Å². The number of para-hydroxylation sites is 1. The Kier molecular flexibility index (Phi) is 5.73. The maximum atomic E-state index is 13.4. The summed E-state index contributed by atoms with van der Waals surface area (Å²) in [6.07, 6.45) is 0.138. The number of hydrogen-bond acceptors (Lipinski definition) is 6. The van der Waals surface area contributed by atoms with E-state index in [-0.39, 0.29) is 19.4 Å². The molecular weight excluding hydrogens is 307 g/mol. The molecule has 0 atom stereocenters. The molecule has 1 N–H and O–H groups in total. The molecule has 10 heteroatoms. The molecule has 21 heavy (non-hydrogen) atoms. The first-order chi connectivity index (χ1) is 9.79. The summed E-state index contributed by atoms with van der Waals surface area (Å²) < 4.78 is 43.7. The number of nitrogens with one attached hydrogen (secondary N) is 1. The Bertz CT molecular complexity index is 646. The van der Waals surface area contributed by atoms with Crippen LogP contribution in [0.15, 0.2) is 23.1 Å². The monoisotopic (exact) mass is 320 g/mol. The van der Waals surface area contributed by atoms with Crippen LogP contribution in [0.5, 0.6) is 0 Å². The van der Waals surface area contributed by atoms with E-state index in [1.54, 1.807) is 0 Å². The molecule has 0 spiro atoms. The molecular formula is C11H13FN2O6S. The van der Waals surface area contributed by atoms with E-state index < -0.39 is 37.3 Å². The van der Waals surface area contributed by atoms with Crippen LogP contribution >= 0.6 is 0 Å². The number of esters is 1. The van der Waals surface area contributed by atoms with Gasteiger partial charge in [0.1, 0.15) is 0 Å². The number of sulfonamides is 1. The molecule has 0 saturated heterocycles. The van der Waals surface area contributed by atoms with Gasteiger partial charge in [0.25, 0.3) is 0 Å². The van der Waals surface area contributed by atoms with Gasteiger partial charge in [-0.3, -0.25) is 14.9 Å². The third kappa shape index (κ3) is 4.46. The van der Waals surface area contributed by atoms with Gasteiger partial charge in [0.05, 0.1) is 12.0 Å². The summed E-state index contributed by atoms with van der Waals surface area (Å²) in [6.45, 7) is -0.134. The Morgan fingerprint density at radius 3 is 2.71 bits per heavy atom. The van der Waals surface area contributed by atoms with Crippen molar-refractivity contribution < 1.29 is 27.3 Å². The van der Waals surface area contributed by atoms with Gasteiger partial charge in [-0.05, 0) is 18.6 Å². The van der Waals surface area contributed by atoms with E-state index >= 15 is 0 Å². The molecule has 0 radical (unpaired) electrons. The van der Waals surface area contributed by atoms with Gasteiger partial charge in [-0.2, -0.15) is 4.39 Å². The van der Waals surface area contributed by atoms with Crippen molar-refractivity contribution >= 4 is 21.7 Å². The molecule has 0 bridgehead atoms. The highest BCUT2D eigenvalue weighted by molar-refractivity contribution is 7.89. The van der Waals surface area contributed by atoms with Crippen LogP contribution in [0.2, 0.25) is 0 Å². The first-order valence-electron chi connectivity index (χ1n) is 5.79. The molecule has 0 amide bonds. The topological polar surface area (TPSA) is 116 Å². The first kappa shape index (κ1) is 17.0. The van der Waals surface area contributed by atoms with E-state index in [1.807, 2.05) is 0 Å². The summed E-state index contributed by atoms with van der Waals surface area (Å²) in [4.78, 5) is 19.8. The Morgan fingerprint density at radius 2 is 2.14 bits per heavy atom. The number of halogens is 1. The summed E-state index contributed by atoms with van der Waals surface area (Å²) in [7, 11) is -3.05. The third-order valence-corrected chi connectivity index (χ3v) is 3.99. The number of benzene rings is 1. The Balaban J connectivity index is 2.87. The van der Waals surface area contributed by atoms with Crippen molar-refractivity contribution in [1.82, 2.24) is 4.72 Å². The highest BCUT2D eigenvalue weighted by Gasteiger charge is 2.28.